The fraction of sp³-hybridized carbons (Fsp3) is 0.786. The summed E-state index contributed by atoms with van der Waals surface area (Å²) in [5.41, 5.74) is 0. The van der Waals surface area contributed by atoms with E-state index in [1.54, 1.807) is 6.08 Å². The highest BCUT2D eigenvalue weighted by atomic mass is 32.2. The smallest absolute Gasteiger partial charge is 0.304 e. The Labute approximate surface area is 122 Å². The quantitative estimate of drug-likeness (QED) is 0.512. The highest BCUT2D eigenvalue weighted by Crippen LogP contribution is 2.08. The van der Waals surface area contributed by atoms with E-state index in [2.05, 4.69) is 11.6 Å². The van der Waals surface area contributed by atoms with Crippen LogP contribution < -0.4 is 4.72 Å². The van der Waals surface area contributed by atoms with Gasteiger partial charge < -0.3 is 5.11 Å². The predicted octanol–water partition coefficient (Wildman–Crippen LogP) is 3.03. The van der Waals surface area contributed by atoms with E-state index in [1.807, 2.05) is 0 Å². The van der Waals surface area contributed by atoms with Gasteiger partial charge in [-0.25, -0.2) is 13.1 Å². The Hall–Kier alpha value is -0.880. The van der Waals surface area contributed by atoms with E-state index in [0.717, 1.165) is 24.7 Å². The van der Waals surface area contributed by atoms with E-state index in [-0.39, 0.29) is 13.0 Å². The maximum Gasteiger partial charge on any atom is 0.304 e. The van der Waals surface area contributed by atoms with E-state index < -0.39 is 16.0 Å². The number of carboxylic acid groups (broad SMARTS) is 1. The first-order valence-corrected chi connectivity index (χ1v) is 8.90. The molecule has 0 aromatic carbocycles. The molecule has 0 unspecified atom stereocenters. The zero-order valence-corrected chi connectivity index (χ0v) is 13.1. The van der Waals surface area contributed by atoms with Crippen molar-refractivity contribution in [3.8, 4) is 0 Å². The molecule has 0 aromatic heterocycles. The van der Waals surface area contributed by atoms with Crippen molar-refractivity contribution in [2.45, 2.75) is 64.7 Å². The summed E-state index contributed by atoms with van der Waals surface area (Å²) in [6.45, 7) is 2.12. The molecule has 6 heteroatoms. The van der Waals surface area contributed by atoms with Crippen LogP contribution in [0, 0.1) is 0 Å². The van der Waals surface area contributed by atoms with Crippen LogP contribution in [0.4, 0.5) is 0 Å². The van der Waals surface area contributed by atoms with Crippen LogP contribution in [0.3, 0.4) is 0 Å². The number of carbonyl (C=O) groups is 1. The molecular formula is C14H27NO4S. The first kappa shape index (κ1) is 19.1. The lowest BCUT2D eigenvalue weighted by Gasteiger charge is -2.00. The number of rotatable bonds is 13. The third-order valence-corrected chi connectivity index (χ3v) is 4.05. The molecule has 2 N–H and O–H groups in total. The van der Waals surface area contributed by atoms with Gasteiger partial charge in [-0.15, -0.1) is 0 Å². The Bertz CT molecular complexity index is 377. The topological polar surface area (TPSA) is 83.5 Å². The number of aliphatic carboxylic acids is 1. The molecule has 20 heavy (non-hydrogen) atoms. The molecule has 5 nitrogen and oxygen atoms in total. The molecule has 118 valence electrons. The maximum absolute atomic E-state index is 11.4. The van der Waals surface area contributed by atoms with Gasteiger partial charge in [0, 0.05) is 12.0 Å². The van der Waals surface area contributed by atoms with Crippen molar-refractivity contribution in [1.82, 2.24) is 4.72 Å². The normalized spacial score (nSPS) is 12.1. The largest absolute Gasteiger partial charge is 0.481 e. The van der Waals surface area contributed by atoms with Gasteiger partial charge in [0.05, 0.1) is 6.42 Å². The van der Waals surface area contributed by atoms with Crippen LogP contribution >= 0.6 is 0 Å². The van der Waals surface area contributed by atoms with Crippen LogP contribution in [0.2, 0.25) is 0 Å². The van der Waals surface area contributed by atoms with Gasteiger partial charge in [-0.3, -0.25) is 4.79 Å². The second kappa shape index (κ2) is 11.9. The van der Waals surface area contributed by atoms with Crippen LogP contribution in [0.15, 0.2) is 11.5 Å². The number of allylic oxidation sites excluding steroid dienone is 1. The molecule has 0 aliphatic carbocycles. The Morgan fingerprint density at radius 3 is 2.30 bits per heavy atom. The summed E-state index contributed by atoms with van der Waals surface area (Å²) >= 11 is 0. The Morgan fingerprint density at radius 1 is 1.10 bits per heavy atom. The van der Waals surface area contributed by atoms with Crippen molar-refractivity contribution in [2.75, 3.05) is 6.54 Å². The van der Waals surface area contributed by atoms with Crippen LogP contribution in [-0.2, 0) is 14.8 Å². The zero-order chi connectivity index (χ0) is 15.3. The highest BCUT2D eigenvalue weighted by molar-refractivity contribution is 7.92. The minimum Gasteiger partial charge on any atom is -0.481 e. The number of carboxylic acids is 1. The van der Waals surface area contributed by atoms with Crippen LogP contribution in [0.5, 0.6) is 0 Å². The summed E-state index contributed by atoms with van der Waals surface area (Å²) in [6.07, 6.45) is 10.6. The van der Waals surface area contributed by atoms with Crippen molar-refractivity contribution in [3.63, 3.8) is 0 Å². The molecule has 0 radical (unpaired) electrons. The number of hydrogen-bond acceptors (Lipinski definition) is 3. The summed E-state index contributed by atoms with van der Waals surface area (Å²) in [4.78, 5) is 10.3. The van der Waals surface area contributed by atoms with E-state index >= 15 is 0 Å². The standard InChI is InChI=1S/C14H27NO4S/c1-2-3-4-5-6-7-8-9-10-13-20(18,19)15-12-11-14(16)17/h10,13,15H,2-9,11-12H2,1H3,(H,16,17)/b13-10+. The van der Waals surface area contributed by atoms with E-state index in [4.69, 9.17) is 5.11 Å². The van der Waals surface area contributed by atoms with Crippen molar-refractivity contribution in [2.24, 2.45) is 0 Å². The molecule has 0 aliphatic heterocycles. The molecule has 0 saturated heterocycles. The van der Waals surface area contributed by atoms with E-state index in [1.165, 1.54) is 32.1 Å². The average molecular weight is 305 g/mol. The van der Waals surface area contributed by atoms with Gasteiger partial charge in [0.15, 0.2) is 0 Å². The second-order valence-corrected chi connectivity index (χ2v) is 6.52. The monoisotopic (exact) mass is 305 g/mol. The lowest BCUT2D eigenvalue weighted by atomic mass is 10.1. The molecular weight excluding hydrogens is 278 g/mol. The number of hydrogen-bond donors (Lipinski definition) is 2. The second-order valence-electron chi connectivity index (χ2n) is 4.86. The molecule has 0 saturated carbocycles. The van der Waals surface area contributed by atoms with Gasteiger partial charge in [-0.05, 0) is 12.8 Å². The van der Waals surface area contributed by atoms with Gasteiger partial charge in [0.25, 0.3) is 0 Å². The molecule has 0 atom stereocenters. The summed E-state index contributed by atoms with van der Waals surface area (Å²) in [5, 5.41) is 9.54. The van der Waals surface area contributed by atoms with Crippen LogP contribution in [0.25, 0.3) is 0 Å². The molecule has 0 aliphatic rings. The van der Waals surface area contributed by atoms with Crippen molar-refractivity contribution < 1.29 is 18.3 Å². The third-order valence-electron chi connectivity index (χ3n) is 2.89. The minimum atomic E-state index is -3.48. The number of unbranched alkanes of at least 4 members (excludes halogenated alkanes) is 7. The van der Waals surface area contributed by atoms with Crippen molar-refractivity contribution in [1.29, 1.82) is 0 Å². The maximum atomic E-state index is 11.4. The molecule has 0 fully saturated rings. The summed E-state index contributed by atoms with van der Waals surface area (Å²) in [5.74, 6) is -1.01. The van der Waals surface area contributed by atoms with Crippen LogP contribution in [0.1, 0.15) is 64.7 Å². The first-order valence-electron chi connectivity index (χ1n) is 7.36. The average Bonchev–Trinajstić information content (AvgIpc) is 2.36. The van der Waals surface area contributed by atoms with Gasteiger partial charge in [0.1, 0.15) is 0 Å². The summed E-state index contributed by atoms with van der Waals surface area (Å²) in [7, 11) is -3.48. The zero-order valence-electron chi connectivity index (χ0n) is 12.3. The lowest BCUT2D eigenvalue weighted by Crippen LogP contribution is -2.24. The van der Waals surface area contributed by atoms with Gasteiger partial charge >= 0.3 is 5.97 Å². The van der Waals surface area contributed by atoms with E-state index in [0.29, 0.717) is 0 Å². The molecule has 0 heterocycles. The highest BCUT2D eigenvalue weighted by Gasteiger charge is 2.05. The number of nitrogens with one attached hydrogen (secondary N) is 1. The summed E-state index contributed by atoms with van der Waals surface area (Å²) in [6, 6.07) is 0. The van der Waals surface area contributed by atoms with E-state index in [9.17, 15) is 13.2 Å². The van der Waals surface area contributed by atoms with Gasteiger partial charge in [0.2, 0.25) is 10.0 Å². The minimum absolute atomic E-state index is 0.0700. The predicted molar refractivity (Wildman–Crippen MR) is 80.9 cm³/mol. The molecule has 0 amide bonds. The molecule has 0 aromatic rings. The Kier molecular flexibility index (Phi) is 11.4. The Balaban J connectivity index is 3.59. The Morgan fingerprint density at radius 2 is 1.70 bits per heavy atom. The lowest BCUT2D eigenvalue weighted by molar-refractivity contribution is -0.136. The molecule has 0 spiro atoms. The van der Waals surface area contributed by atoms with Crippen molar-refractivity contribution >= 4 is 16.0 Å². The van der Waals surface area contributed by atoms with Gasteiger partial charge in [-0.2, -0.15) is 0 Å². The third kappa shape index (κ3) is 13.5. The summed E-state index contributed by atoms with van der Waals surface area (Å²) < 4.78 is 25.1. The van der Waals surface area contributed by atoms with Gasteiger partial charge in [-0.1, -0.05) is 51.5 Å². The SMILES string of the molecule is CCCCCCCCC/C=C/S(=O)(=O)NCCC(=O)O. The van der Waals surface area contributed by atoms with Crippen LogP contribution in [-0.4, -0.2) is 26.0 Å². The fourth-order valence-electron chi connectivity index (χ4n) is 1.76. The first-order chi connectivity index (χ1) is 9.48. The fourth-order valence-corrected chi connectivity index (χ4v) is 2.63. The van der Waals surface area contributed by atoms with Crippen molar-refractivity contribution in [3.05, 3.63) is 11.5 Å². The molecule has 0 bridgehead atoms. The molecule has 0 rings (SSSR count). The number of sulfonamides is 1.